The van der Waals surface area contributed by atoms with Crippen LogP contribution in [0.4, 0.5) is 11.4 Å². The molecule has 2 aliphatic rings. The van der Waals surface area contributed by atoms with Crippen molar-refractivity contribution in [1.29, 1.82) is 0 Å². The van der Waals surface area contributed by atoms with Gasteiger partial charge in [-0.05, 0) is 114 Å². The number of anilines is 2. The summed E-state index contributed by atoms with van der Waals surface area (Å²) >= 11 is 3.80. The van der Waals surface area contributed by atoms with E-state index < -0.39 is 0 Å². The lowest BCUT2D eigenvalue weighted by molar-refractivity contribution is 0.575. The van der Waals surface area contributed by atoms with Gasteiger partial charge in [0.25, 0.3) is 0 Å². The van der Waals surface area contributed by atoms with Crippen molar-refractivity contribution in [2.24, 2.45) is 0 Å². The number of piperidine rings is 2. The Hall–Kier alpha value is -2.34. The zero-order valence-electron chi connectivity index (χ0n) is 26.3. The second-order valence-corrected chi connectivity index (χ2v) is 13.9. The minimum absolute atomic E-state index is 0. The molecule has 5 heteroatoms. The molecule has 0 saturated carbocycles. The number of hydrogen-bond acceptors (Lipinski definition) is 4. The summed E-state index contributed by atoms with van der Waals surface area (Å²) in [6, 6.07) is 31.2. The molecule has 0 bridgehead atoms. The summed E-state index contributed by atoms with van der Waals surface area (Å²) in [7, 11) is 0. The van der Waals surface area contributed by atoms with E-state index >= 15 is 0 Å². The predicted molar refractivity (Wildman–Crippen MR) is 195 cm³/mol. The van der Waals surface area contributed by atoms with Gasteiger partial charge in [0.15, 0.2) is 0 Å². The number of rotatable bonds is 6. The Morgan fingerprint density at radius 2 is 0.814 bits per heavy atom. The Balaban J connectivity index is 0.000000192. The van der Waals surface area contributed by atoms with Crippen LogP contribution in [0.15, 0.2) is 105 Å². The topological polar surface area (TPSA) is 6.48 Å². The quantitative estimate of drug-likeness (QED) is 0.201. The average molecular weight is 676 g/mol. The van der Waals surface area contributed by atoms with Crippen LogP contribution in [0.5, 0.6) is 0 Å². The zero-order chi connectivity index (χ0) is 29.3. The molecule has 2 nitrogen and oxygen atoms in total. The molecule has 0 radical (unpaired) electrons. The van der Waals surface area contributed by atoms with Crippen molar-refractivity contribution in [2.75, 3.05) is 36.0 Å². The van der Waals surface area contributed by atoms with Crippen molar-refractivity contribution in [1.82, 2.24) is 0 Å². The third kappa shape index (κ3) is 9.33. The highest BCUT2D eigenvalue weighted by molar-refractivity contribution is 8.93. The third-order valence-corrected chi connectivity index (χ3v) is 10.7. The lowest BCUT2D eigenvalue weighted by atomic mass is 10.1. The van der Waals surface area contributed by atoms with E-state index in [-0.39, 0.29) is 17.0 Å². The van der Waals surface area contributed by atoms with Crippen molar-refractivity contribution in [3.8, 4) is 0 Å². The maximum atomic E-state index is 2.55. The maximum Gasteiger partial charge on any atom is 0.0508 e. The molecule has 0 N–H and O–H groups in total. The van der Waals surface area contributed by atoms with Gasteiger partial charge in [0.1, 0.15) is 0 Å². The van der Waals surface area contributed by atoms with Gasteiger partial charge >= 0.3 is 0 Å². The Bertz CT molecular complexity index is 1350. The normalized spacial score (nSPS) is 14.9. The molecule has 4 aromatic rings. The van der Waals surface area contributed by atoms with Gasteiger partial charge in [0.05, 0.1) is 11.4 Å². The Morgan fingerprint density at radius 3 is 1.19 bits per heavy atom. The minimum Gasteiger partial charge on any atom is -0.371 e. The number of nitrogens with zero attached hydrogens (tertiary/aromatic N) is 2. The van der Waals surface area contributed by atoms with E-state index in [2.05, 4.69) is 122 Å². The molecular formula is C38H47BrN2S2. The van der Waals surface area contributed by atoms with Crippen LogP contribution < -0.4 is 9.80 Å². The molecule has 43 heavy (non-hydrogen) atoms. The van der Waals surface area contributed by atoms with Gasteiger partial charge in [0.2, 0.25) is 0 Å². The second-order valence-electron chi connectivity index (χ2n) is 11.8. The summed E-state index contributed by atoms with van der Waals surface area (Å²) in [5.74, 6) is 0. The van der Waals surface area contributed by atoms with Crippen LogP contribution in [0.1, 0.15) is 60.8 Å². The van der Waals surface area contributed by atoms with Crippen LogP contribution in [-0.2, 0) is 0 Å². The SMILES string of the molecule is Br.Cc1ccc(Sc2ccccc2N2CCCCC2)c(C)c1.Cc1ccc(Sc2ccccc2N2CCCCC2)c(C)c1. The molecule has 2 aliphatic heterocycles. The summed E-state index contributed by atoms with van der Waals surface area (Å²) in [5.41, 5.74) is 8.22. The zero-order valence-corrected chi connectivity index (χ0v) is 29.6. The number of aryl methyl sites for hydroxylation is 4. The Morgan fingerprint density at radius 1 is 0.442 bits per heavy atom. The predicted octanol–water partition coefficient (Wildman–Crippen LogP) is 11.5. The van der Waals surface area contributed by atoms with E-state index in [1.807, 2.05) is 23.5 Å². The number of halogens is 1. The Kier molecular flexibility index (Phi) is 13.0. The van der Waals surface area contributed by atoms with Crippen LogP contribution >= 0.6 is 40.5 Å². The third-order valence-electron chi connectivity index (χ3n) is 8.22. The molecule has 228 valence electrons. The van der Waals surface area contributed by atoms with Gasteiger partial charge in [-0.15, -0.1) is 17.0 Å². The summed E-state index contributed by atoms with van der Waals surface area (Å²) in [4.78, 5) is 10.6. The second kappa shape index (κ2) is 16.7. The molecule has 0 aliphatic carbocycles. The van der Waals surface area contributed by atoms with Crippen molar-refractivity contribution >= 4 is 51.9 Å². The van der Waals surface area contributed by atoms with E-state index in [4.69, 9.17) is 0 Å². The molecule has 2 heterocycles. The van der Waals surface area contributed by atoms with Crippen molar-refractivity contribution < 1.29 is 0 Å². The van der Waals surface area contributed by atoms with Crippen molar-refractivity contribution in [3.63, 3.8) is 0 Å². The highest BCUT2D eigenvalue weighted by Crippen LogP contribution is 2.39. The van der Waals surface area contributed by atoms with Gasteiger partial charge in [-0.25, -0.2) is 0 Å². The summed E-state index contributed by atoms with van der Waals surface area (Å²) in [6.07, 6.45) is 8.04. The van der Waals surface area contributed by atoms with Gasteiger partial charge in [-0.3, -0.25) is 0 Å². The molecule has 6 rings (SSSR count). The lowest BCUT2D eigenvalue weighted by Gasteiger charge is -2.30. The molecule has 0 amide bonds. The van der Waals surface area contributed by atoms with E-state index in [0.29, 0.717) is 0 Å². The number of benzene rings is 4. The van der Waals surface area contributed by atoms with Gasteiger partial charge in [-0.2, -0.15) is 0 Å². The highest BCUT2D eigenvalue weighted by Gasteiger charge is 2.16. The Labute approximate surface area is 279 Å². The van der Waals surface area contributed by atoms with E-state index in [1.165, 1.54) is 118 Å². The molecule has 0 unspecified atom stereocenters. The van der Waals surface area contributed by atoms with Crippen LogP contribution in [0, 0.1) is 27.7 Å². The fraction of sp³-hybridized carbons (Fsp3) is 0.368. The molecule has 2 saturated heterocycles. The van der Waals surface area contributed by atoms with Crippen LogP contribution in [0.2, 0.25) is 0 Å². The number of para-hydroxylation sites is 2. The van der Waals surface area contributed by atoms with E-state index in [9.17, 15) is 0 Å². The van der Waals surface area contributed by atoms with E-state index in [0.717, 1.165) is 0 Å². The summed E-state index contributed by atoms with van der Waals surface area (Å²) in [5, 5.41) is 0. The first-order chi connectivity index (χ1) is 20.5. The van der Waals surface area contributed by atoms with Gasteiger partial charge in [-0.1, -0.05) is 83.2 Å². The molecule has 0 atom stereocenters. The maximum absolute atomic E-state index is 2.55. The van der Waals surface area contributed by atoms with Crippen molar-refractivity contribution in [3.05, 3.63) is 107 Å². The summed E-state index contributed by atoms with van der Waals surface area (Å²) in [6.45, 7) is 13.5. The minimum atomic E-state index is 0. The first kappa shape index (κ1) is 33.6. The van der Waals surface area contributed by atoms with Crippen LogP contribution in [0.3, 0.4) is 0 Å². The monoisotopic (exact) mass is 674 g/mol. The first-order valence-electron chi connectivity index (χ1n) is 15.7. The van der Waals surface area contributed by atoms with Crippen LogP contribution in [0.25, 0.3) is 0 Å². The lowest BCUT2D eigenvalue weighted by Crippen LogP contribution is -2.29. The molecule has 0 aromatic heterocycles. The largest absolute Gasteiger partial charge is 0.371 e. The standard InChI is InChI=1S/2C19H23NS.BrH/c2*1-15-10-11-18(16(2)14-15)21-19-9-5-4-8-17(19)20-12-6-3-7-13-20;/h2*4-5,8-11,14H,3,6-7,12-13H2,1-2H3;1H. The molecule has 2 fully saturated rings. The van der Waals surface area contributed by atoms with Crippen LogP contribution in [-0.4, -0.2) is 26.2 Å². The molecular weight excluding hydrogens is 628 g/mol. The van der Waals surface area contributed by atoms with Gasteiger partial charge in [0, 0.05) is 45.8 Å². The smallest absolute Gasteiger partial charge is 0.0508 e. The van der Waals surface area contributed by atoms with Crippen molar-refractivity contribution in [2.45, 2.75) is 85.8 Å². The van der Waals surface area contributed by atoms with E-state index in [1.54, 1.807) is 0 Å². The number of hydrogen-bond donors (Lipinski definition) is 0. The van der Waals surface area contributed by atoms with Gasteiger partial charge < -0.3 is 9.80 Å². The highest BCUT2D eigenvalue weighted by atomic mass is 79.9. The molecule has 0 spiro atoms. The average Bonchev–Trinajstić information content (AvgIpc) is 3.02. The first-order valence-corrected chi connectivity index (χ1v) is 17.3. The summed E-state index contributed by atoms with van der Waals surface area (Å²) < 4.78 is 0. The fourth-order valence-electron chi connectivity index (χ4n) is 5.94. The fourth-order valence-corrected chi connectivity index (χ4v) is 8.03. The molecule has 4 aromatic carbocycles.